The molecule has 1 amide bonds. The molecule has 0 aliphatic rings. The zero-order valence-corrected chi connectivity index (χ0v) is 12.8. The van der Waals surface area contributed by atoms with Gasteiger partial charge in [-0.15, -0.1) is 11.3 Å². The molecule has 0 saturated heterocycles. The summed E-state index contributed by atoms with van der Waals surface area (Å²) < 4.78 is 0.995. The number of aromatic nitrogens is 1. The highest BCUT2D eigenvalue weighted by Gasteiger charge is 2.19. The van der Waals surface area contributed by atoms with E-state index in [-0.39, 0.29) is 12.5 Å². The van der Waals surface area contributed by atoms with E-state index in [9.17, 15) is 9.90 Å². The van der Waals surface area contributed by atoms with Gasteiger partial charge in [-0.3, -0.25) is 4.79 Å². The van der Waals surface area contributed by atoms with Crippen molar-refractivity contribution >= 4 is 27.5 Å². The van der Waals surface area contributed by atoms with Crippen LogP contribution in [0.25, 0.3) is 10.2 Å². The van der Waals surface area contributed by atoms with Gasteiger partial charge in [0, 0.05) is 13.1 Å². The van der Waals surface area contributed by atoms with E-state index >= 15 is 0 Å². The number of hydrogen-bond acceptors (Lipinski definition) is 4. The summed E-state index contributed by atoms with van der Waals surface area (Å²) in [5.74, 6) is -0.140. The Labute approximate surface area is 132 Å². The third-order valence-electron chi connectivity index (χ3n) is 3.35. The maximum absolute atomic E-state index is 12.7. The molecule has 0 saturated carbocycles. The minimum atomic E-state index is -0.140. The van der Waals surface area contributed by atoms with Crippen LogP contribution in [0.2, 0.25) is 0 Å². The highest BCUT2D eigenvalue weighted by molar-refractivity contribution is 7.20. The highest BCUT2D eigenvalue weighted by atomic mass is 32.1. The van der Waals surface area contributed by atoms with Crippen LogP contribution in [0.1, 0.15) is 15.4 Å². The summed E-state index contributed by atoms with van der Waals surface area (Å²) in [5.41, 5.74) is 1.87. The molecule has 1 N–H and O–H groups in total. The standard InChI is InChI=1S/C17H16N2O2S/c20-11-10-19(12-13-6-2-1-3-7-13)17(21)16-18-14-8-4-5-9-15(14)22-16/h1-9,20H,10-12H2. The van der Waals surface area contributed by atoms with Gasteiger partial charge < -0.3 is 10.0 Å². The van der Waals surface area contributed by atoms with Gasteiger partial charge in [0.25, 0.3) is 5.91 Å². The molecule has 0 radical (unpaired) electrons. The lowest BCUT2D eigenvalue weighted by atomic mass is 10.2. The zero-order chi connectivity index (χ0) is 15.4. The first-order valence-corrected chi connectivity index (χ1v) is 7.89. The van der Waals surface area contributed by atoms with E-state index in [4.69, 9.17) is 0 Å². The van der Waals surface area contributed by atoms with Gasteiger partial charge in [-0.05, 0) is 17.7 Å². The second-order valence-electron chi connectivity index (χ2n) is 4.92. The van der Waals surface area contributed by atoms with Gasteiger partial charge in [0.05, 0.1) is 16.8 Å². The van der Waals surface area contributed by atoms with Crippen molar-refractivity contribution in [3.63, 3.8) is 0 Å². The second-order valence-corrected chi connectivity index (χ2v) is 5.95. The van der Waals surface area contributed by atoms with E-state index in [2.05, 4.69) is 4.98 Å². The topological polar surface area (TPSA) is 53.4 Å². The molecule has 0 bridgehead atoms. The van der Waals surface area contributed by atoms with Crippen molar-refractivity contribution in [1.82, 2.24) is 9.88 Å². The molecular weight excluding hydrogens is 296 g/mol. The van der Waals surface area contributed by atoms with Crippen molar-refractivity contribution in [2.75, 3.05) is 13.2 Å². The number of fused-ring (bicyclic) bond motifs is 1. The van der Waals surface area contributed by atoms with Gasteiger partial charge in [-0.1, -0.05) is 42.5 Å². The van der Waals surface area contributed by atoms with Crippen molar-refractivity contribution in [2.45, 2.75) is 6.54 Å². The van der Waals surface area contributed by atoms with Gasteiger partial charge in [0.15, 0.2) is 5.01 Å². The minimum absolute atomic E-state index is 0.0660. The number of thiazole rings is 1. The van der Waals surface area contributed by atoms with Crippen molar-refractivity contribution in [1.29, 1.82) is 0 Å². The van der Waals surface area contributed by atoms with E-state index in [1.807, 2.05) is 54.6 Å². The maximum atomic E-state index is 12.7. The SMILES string of the molecule is O=C(c1nc2ccccc2s1)N(CCO)Cc1ccccc1. The maximum Gasteiger partial charge on any atom is 0.283 e. The third-order valence-corrected chi connectivity index (χ3v) is 4.37. The van der Waals surface area contributed by atoms with Gasteiger partial charge in [0.2, 0.25) is 0 Å². The van der Waals surface area contributed by atoms with Gasteiger partial charge >= 0.3 is 0 Å². The van der Waals surface area contributed by atoms with E-state index in [0.29, 0.717) is 18.1 Å². The molecule has 1 aromatic heterocycles. The molecule has 3 rings (SSSR count). The van der Waals surface area contributed by atoms with E-state index in [1.54, 1.807) is 4.90 Å². The Hall–Kier alpha value is -2.24. The van der Waals surface area contributed by atoms with Crippen molar-refractivity contribution in [2.24, 2.45) is 0 Å². The van der Waals surface area contributed by atoms with Gasteiger partial charge in [-0.2, -0.15) is 0 Å². The Morgan fingerprint density at radius 1 is 1.09 bits per heavy atom. The number of nitrogens with zero attached hydrogens (tertiary/aromatic N) is 2. The summed E-state index contributed by atoms with van der Waals surface area (Å²) in [6.07, 6.45) is 0. The number of aliphatic hydroxyl groups is 1. The molecular formula is C17H16N2O2S. The van der Waals surface area contributed by atoms with Crippen molar-refractivity contribution in [3.05, 3.63) is 65.2 Å². The van der Waals surface area contributed by atoms with Crippen LogP contribution in [0.5, 0.6) is 0 Å². The van der Waals surface area contributed by atoms with Crippen LogP contribution < -0.4 is 0 Å². The van der Waals surface area contributed by atoms with Crippen LogP contribution in [-0.2, 0) is 6.54 Å². The molecule has 0 atom stereocenters. The number of para-hydroxylation sites is 1. The largest absolute Gasteiger partial charge is 0.395 e. The monoisotopic (exact) mass is 312 g/mol. The Kier molecular flexibility index (Phi) is 4.46. The summed E-state index contributed by atoms with van der Waals surface area (Å²) in [5, 5.41) is 9.70. The fraction of sp³-hybridized carbons (Fsp3) is 0.176. The van der Waals surface area contributed by atoms with E-state index < -0.39 is 0 Å². The summed E-state index contributed by atoms with van der Waals surface area (Å²) in [4.78, 5) is 18.7. The average molecular weight is 312 g/mol. The lowest BCUT2D eigenvalue weighted by Crippen LogP contribution is -2.33. The average Bonchev–Trinajstić information content (AvgIpc) is 2.99. The molecule has 0 aliphatic carbocycles. The predicted molar refractivity (Wildman–Crippen MR) is 87.9 cm³/mol. The Morgan fingerprint density at radius 3 is 2.55 bits per heavy atom. The number of rotatable bonds is 5. The number of carbonyl (C=O) groups excluding carboxylic acids is 1. The first kappa shape index (κ1) is 14.7. The second kappa shape index (κ2) is 6.68. The van der Waals surface area contributed by atoms with Gasteiger partial charge in [0.1, 0.15) is 0 Å². The molecule has 0 spiro atoms. The fourth-order valence-electron chi connectivity index (χ4n) is 2.28. The summed E-state index contributed by atoms with van der Waals surface area (Å²) in [6, 6.07) is 17.5. The highest BCUT2D eigenvalue weighted by Crippen LogP contribution is 2.23. The van der Waals surface area contributed by atoms with E-state index in [0.717, 1.165) is 15.8 Å². The minimum Gasteiger partial charge on any atom is -0.395 e. The normalized spacial score (nSPS) is 10.8. The first-order chi connectivity index (χ1) is 10.8. The lowest BCUT2D eigenvalue weighted by molar-refractivity contribution is 0.0707. The number of amides is 1. The Morgan fingerprint density at radius 2 is 1.82 bits per heavy atom. The molecule has 5 heteroatoms. The van der Waals surface area contributed by atoms with E-state index in [1.165, 1.54) is 11.3 Å². The molecule has 3 aromatic rings. The fourth-order valence-corrected chi connectivity index (χ4v) is 3.21. The molecule has 0 aliphatic heterocycles. The number of aliphatic hydroxyl groups excluding tert-OH is 1. The third kappa shape index (κ3) is 3.16. The van der Waals surface area contributed by atoms with Crippen LogP contribution in [0.3, 0.4) is 0 Å². The van der Waals surface area contributed by atoms with Crippen LogP contribution >= 0.6 is 11.3 Å². The molecule has 2 aromatic carbocycles. The number of carbonyl (C=O) groups is 1. The Bertz CT molecular complexity index is 737. The van der Waals surface area contributed by atoms with Gasteiger partial charge in [-0.25, -0.2) is 4.98 Å². The van der Waals surface area contributed by atoms with Crippen LogP contribution in [0.4, 0.5) is 0 Å². The number of hydrogen-bond donors (Lipinski definition) is 1. The predicted octanol–water partition coefficient (Wildman–Crippen LogP) is 2.93. The van der Waals surface area contributed by atoms with Crippen LogP contribution in [0.15, 0.2) is 54.6 Å². The molecule has 112 valence electrons. The van der Waals surface area contributed by atoms with Crippen molar-refractivity contribution in [3.8, 4) is 0 Å². The zero-order valence-electron chi connectivity index (χ0n) is 12.0. The Balaban J connectivity index is 1.85. The van der Waals surface area contributed by atoms with Crippen LogP contribution in [0, 0.1) is 0 Å². The number of benzene rings is 2. The molecule has 0 fully saturated rings. The summed E-state index contributed by atoms with van der Waals surface area (Å²) in [6.45, 7) is 0.698. The molecule has 0 unspecified atom stereocenters. The quantitative estimate of drug-likeness (QED) is 0.788. The molecule has 1 heterocycles. The molecule has 22 heavy (non-hydrogen) atoms. The molecule has 4 nitrogen and oxygen atoms in total. The summed E-state index contributed by atoms with van der Waals surface area (Å²) >= 11 is 1.39. The smallest absolute Gasteiger partial charge is 0.283 e. The summed E-state index contributed by atoms with van der Waals surface area (Å²) in [7, 11) is 0. The first-order valence-electron chi connectivity index (χ1n) is 7.07. The van der Waals surface area contributed by atoms with Crippen molar-refractivity contribution < 1.29 is 9.90 Å². The van der Waals surface area contributed by atoms with Crippen LogP contribution in [-0.4, -0.2) is 34.0 Å². The lowest BCUT2D eigenvalue weighted by Gasteiger charge is -2.20.